The van der Waals surface area contributed by atoms with E-state index in [1.54, 1.807) is 0 Å². The number of guanidine groups is 1. The van der Waals surface area contributed by atoms with Crippen molar-refractivity contribution < 1.29 is 63.6 Å². The molecule has 0 aromatic rings. The summed E-state index contributed by atoms with van der Waals surface area (Å²) in [5, 5.41) is 60.5. The van der Waals surface area contributed by atoms with Crippen molar-refractivity contribution in [3.8, 4) is 0 Å². The molecule has 1 aliphatic rings. The topological polar surface area (TPSA) is 398 Å². The Labute approximate surface area is 303 Å². The first-order chi connectivity index (χ1) is 24.9. The first-order valence-electron chi connectivity index (χ1n) is 16.5. The zero-order chi connectivity index (χ0) is 40.2. The molecule has 0 bridgehead atoms. The predicted molar refractivity (Wildman–Crippen MR) is 180 cm³/mol. The lowest BCUT2D eigenvalue weighted by Crippen LogP contribution is -2.59. The number of rotatable bonds is 23. The number of carboxylic acids is 2. The zero-order valence-electron chi connectivity index (χ0n) is 29.0. The highest BCUT2D eigenvalue weighted by atomic mass is 16.4. The van der Waals surface area contributed by atoms with Gasteiger partial charge in [0.25, 0.3) is 0 Å². The summed E-state index contributed by atoms with van der Waals surface area (Å²) in [6, 6.07) is -6.88. The molecule has 16 N–H and O–H groups in total. The maximum Gasteiger partial charge on any atom is 0.322 e. The fourth-order valence-electron chi connectivity index (χ4n) is 4.88. The summed E-state index contributed by atoms with van der Waals surface area (Å²) in [6.45, 7) is -1.49. The Kier molecular flexibility index (Phi) is 19.7. The molecule has 7 amide bonds. The van der Waals surface area contributed by atoms with Gasteiger partial charge in [0.2, 0.25) is 41.4 Å². The van der Waals surface area contributed by atoms with Crippen LogP contribution < -0.4 is 48.7 Å². The number of aliphatic carboxylic acids is 2. The van der Waals surface area contributed by atoms with Gasteiger partial charge >= 0.3 is 11.9 Å². The Morgan fingerprint density at radius 3 is 2.04 bits per heavy atom. The van der Waals surface area contributed by atoms with Gasteiger partial charge in [-0.25, -0.2) is 0 Å². The lowest BCUT2D eigenvalue weighted by atomic mass is 10.1. The number of likely N-dealkylation sites (tertiary alicyclic amines) is 1. The highest BCUT2D eigenvalue weighted by molar-refractivity contribution is 5.96. The molecule has 53 heavy (non-hydrogen) atoms. The monoisotopic (exact) mass is 759 g/mol. The summed E-state index contributed by atoms with van der Waals surface area (Å²) in [5.74, 6) is -9.22. The molecule has 0 saturated carbocycles. The van der Waals surface area contributed by atoms with Crippen molar-refractivity contribution in [3.05, 3.63) is 0 Å². The van der Waals surface area contributed by atoms with Crippen molar-refractivity contribution in [2.75, 3.05) is 39.3 Å². The molecule has 0 spiro atoms. The van der Waals surface area contributed by atoms with Gasteiger partial charge in [-0.15, -0.1) is 0 Å². The molecule has 1 aliphatic heterocycles. The highest BCUT2D eigenvalue weighted by Crippen LogP contribution is 2.17. The van der Waals surface area contributed by atoms with Crippen LogP contribution in [0.15, 0.2) is 0 Å². The summed E-state index contributed by atoms with van der Waals surface area (Å²) in [7, 11) is 0. The van der Waals surface area contributed by atoms with Crippen LogP contribution >= 0.6 is 0 Å². The molecule has 0 unspecified atom stereocenters. The predicted octanol–water partition coefficient (Wildman–Crippen LogP) is -7.31. The summed E-state index contributed by atoms with van der Waals surface area (Å²) >= 11 is 0. The zero-order valence-corrected chi connectivity index (χ0v) is 29.0. The van der Waals surface area contributed by atoms with E-state index in [0.717, 1.165) is 11.8 Å². The number of aliphatic hydroxyl groups is 2. The highest BCUT2D eigenvalue weighted by Gasteiger charge is 2.37. The maximum absolute atomic E-state index is 13.1. The lowest BCUT2D eigenvalue weighted by molar-refractivity contribution is -0.141. The lowest BCUT2D eigenvalue weighted by Gasteiger charge is -2.27. The van der Waals surface area contributed by atoms with Crippen LogP contribution in [-0.2, 0) is 43.2 Å². The Balaban J connectivity index is 2.82. The number of hydrogen-bond donors (Lipinski definition) is 14. The molecule has 1 saturated heterocycles. The van der Waals surface area contributed by atoms with Crippen LogP contribution in [0.1, 0.15) is 45.4 Å². The van der Waals surface area contributed by atoms with E-state index in [0.29, 0.717) is 12.8 Å². The van der Waals surface area contributed by atoms with Crippen LogP contribution in [0.5, 0.6) is 0 Å². The fourth-order valence-corrected chi connectivity index (χ4v) is 4.88. The van der Waals surface area contributed by atoms with Crippen LogP contribution in [-0.4, -0.2) is 160 Å². The van der Waals surface area contributed by atoms with E-state index in [1.165, 1.54) is 0 Å². The third kappa shape index (κ3) is 17.0. The van der Waals surface area contributed by atoms with Gasteiger partial charge in [-0.1, -0.05) is 0 Å². The van der Waals surface area contributed by atoms with Gasteiger partial charge in [-0.2, -0.15) is 0 Å². The third-order valence-electron chi connectivity index (χ3n) is 7.65. The SMILES string of the molecule is C[C@@H](O)[C@H](NC(=O)[C@H](CCC(=O)O)NC(=O)CNC(=O)[C@@H](N)CCCNC(=N)N)C(=O)NCC(=O)N1CCC[C@H]1C(=O)N[C@@H](CO)C(=O)NCC(=O)O. The number of nitrogens with zero attached hydrogens (tertiary/aromatic N) is 1. The van der Waals surface area contributed by atoms with Gasteiger partial charge in [0.1, 0.15) is 30.7 Å². The molecule has 24 nitrogen and oxygen atoms in total. The summed E-state index contributed by atoms with van der Waals surface area (Å²) in [6.07, 6.45) is -1.53. The molecule has 0 radical (unpaired) electrons. The first kappa shape index (κ1) is 45.4. The summed E-state index contributed by atoms with van der Waals surface area (Å²) in [4.78, 5) is 112. The van der Waals surface area contributed by atoms with Gasteiger partial charge in [-0.3, -0.25) is 48.6 Å². The van der Waals surface area contributed by atoms with Gasteiger partial charge in [0.05, 0.1) is 31.8 Å². The quantitative estimate of drug-likeness (QED) is 0.0261. The van der Waals surface area contributed by atoms with Crippen molar-refractivity contribution in [1.82, 2.24) is 42.1 Å². The molecule has 298 valence electrons. The number of hydrogen-bond acceptors (Lipinski definition) is 13. The number of nitrogens with two attached hydrogens (primary N) is 2. The molecule has 0 aromatic carbocycles. The molecule has 24 heteroatoms. The van der Waals surface area contributed by atoms with Crippen molar-refractivity contribution in [1.29, 1.82) is 5.41 Å². The number of nitrogens with one attached hydrogen (secondary N) is 8. The van der Waals surface area contributed by atoms with Crippen LogP contribution in [0.3, 0.4) is 0 Å². The van der Waals surface area contributed by atoms with E-state index >= 15 is 0 Å². The molecule has 0 aliphatic carbocycles. The number of carbonyl (C=O) groups excluding carboxylic acids is 7. The smallest absolute Gasteiger partial charge is 0.322 e. The fraction of sp³-hybridized carbons (Fsp3) is 0.655. The molecule has 0 aromatic heterocycles. The van der Waals surface area contributed by atoms with Gasteiger partial charge in [-0.05, 0) is 39.0 Å². The Hall–Kier alpha value is -5.62. The number of carbonyl (C=O) groups is 9. The van der Waals surface area contributed by atoms with E-state index in [9.17, 15) is 53.4 Å². The average molecular weight is 760 g/mol. The second-order valence-electron chi connectivity index (χ2n) is 11.9. The Bertz CT molecular complexity index is 1360. The van der Waals surface area contributed by atoms with Gasteiger partial charge < -0.3 is 74.0 Å². The van der Waals surface area contributed by atoms with E-state index in [2.05, 4.69) is 31.9 Å². The van der Waals surface area contributed by atoms with Gasteiger partial charge in [0.15, 0.2) is 5.96 Å². The molecule has 1 fully saturated rings. The van der Waals surface area contributed by atoms with Crippen LogP contribution in [0, 0.1) is 5.41 Å². The van der Waals surface area contributed by atoms with Crippen molar-refractivity contribution >= 4 is 59.2 Å². The van der Waals surface area contributed by atoms with Crippen molar-refractivity contribution in [2.45, 2.75) is 81.8 Å². The normalized spacial score (nSPS) is 16.4. The minimum absolute atomic E-state index is 0.0777. The molecule has 6 atom stereocenters. The number of aliphatic hydroxyl groups excluding tert-OH is 2. The molecule has 1 heterocycles. The minimum Gasteiger partial charge on any atom is -0.481 e. The van der Waals surface area contributed by atoms with Crippen molar-refractivity contribution in [2.24, 2.45) is 11.5 Å². The molecule has 1 rings (SSSR count). The standard InChI is InChI=1S/C29H49N11O13/c1-14(42)23(28(53)35-11-20(44)40-9-3-5-18(40)27(52)38-17(13-41)25(50)36-12-22(47)48)39-26(51)16(6-7-21(45)46)37-19(43)10-34-24(49)15(30)4-2-8-33-29(31)32/h14-18,23,41-42H,2-13,30H2,1H3,(H,34,49)(H,35,53)(H,36,50)(H,37,43)(H,38,52)(H,39,51)(H,45,46)(H,47,48)(H4,31,32,33)/t14-,15+,16+,17+,18+,23+/m1/s1. The van der Waals surface area contributed by atoms with Crippen molar-refractivity contribution in [3.63, 3.8) is 0 Å². The van der Waals surface area contributed by atoms with E-state index < -0.39 is 129 Å². The van der Waals surface area contributed by atoms with E-state index in [1.807, 2.05) is 5.32 Å². The second-order valence-corrected chi connectivity index (χ2v) is 11.9. The van der Waals surface area contributed by atoms with Crippen LogP contribution in [0.25, 0.3) is 0 Å². The number of amides is 7. The third-order valence-corrected chi connectivity index (χ3v) is 7.65. The van der Waals surface area contributed by atoms with Gasteiger partial charge in [0, 0.05) is 19.5 Å². The second kappa shape index (κ2) is 23.0. The van der Waals surface area contributed by atoms with Crippen LogP contribution in [0.4, 0.5) is 0 Å². The maximum atomic E-state index is 13.1. The average Bonchev–Trinajstić information content (AvgIpc) is 3.59. The Morgan fingerprint density at radius 1 is 0.811 bits per heavy atom. The first-order valence-corrected chi connectivity index (χ1v) is 16.5. The van der Waals surface area contributed by atoms with Crippen LogP contribution in [0.2, 0.25) is 0 Å². The minimum atomic E-state index is -1.71. The summed E-state index contributed by atoms with van der Waals surface area (Å²) < 4.78 is 0. The largest absolute Gasteiger partial charge is 0.481 e. The molecular weight excluding hydrogens is 710 g/mol. The Morgan fingerprint density at radius 2 is 1.45 bits per heavy atom. The number of carboxylic acid groups (broad SMARTS) is 2. The van der Waals surface area contributed by atoms with E-state index in [-0.39, 0.29) is 31.9 Å². The summed E-state index contributed by atoms with van der Waals surface area (Å²) in [5.41, 5.74) is 11.0. The van der Waals surface area contributed by atoms with E-state index in [4.69, 9.17) is 27.1 Å². The molecular formula is C29H49N11O13.